The van der Waals surface area contributed by atoms with Crippen molar-refractivity contribution in [3.8, 4) is 5.75 Å². The molecule has 1 N–H and O–H groups in total. The summed E-state index contributed by atoms with van der Waals surface area (Å²) < 4.78 is 5.14. The largest absolute Gasteiger partial charge is 0.497 e. The van der Waals surface area contributed by atoms with Gasteiger partial charge in [-0.3, -0.25) is 0 Å². The van der Waals surface area contributed by atoms with E-state index in [2.05, 4.69) is 0 Å². The van der Waals surface area contributed by atoms with E-state index >= 15 is 0 Å². The van der Waals surface area contributed by atoms with Crippen LogP contribution in [-0.4, -0.2) is 12.2 Å². The van der Waals surface area contributed by atoms with E-state index in [1.807, 2.05) is 24.3 Å². The molecule has 2 bridgehead atoms. The van der Waals surface area contributed by atoms with Gasteiger partial charge >= 0.3 is 0 Å². The second-order valence-electron chi connectivity index (χ2n) is 5.96. The molecule has 2 aliphatic rings. The summed E-state index contributed by atoms with van der Waals surface area (Å²) in [4.78, 5) is 0. The summed E-state index contributed by atoms with van der Waals surface area (Å²) in [6.45, 7) is 0. The van der Waals surface area contributed by atoms with Crippen LogP contribution in [0.3, 0.4) is 0 Å². The van der Waals surface area contributed by atoms with Crippen LogP contribution in [0.4, 0.5) is 0 Å². The van der Waals surface area contributed by atoms with Gasteiger partial charge in [-0.25, -0.2) is 0 Å². The van der Waals surface area contributed by atoms with Crippen LogP contribution in [0, 0.1) is 17.8 Å². The molecule has 98 valence electrons. The fraction of sp³-hybridized carbons (Fsp3) is 0.625. The Bertz CT molecular complexity index is 398. The first-order valence-corrected chi connectivity index (χ1v) is 7.08. The van der Waals surface area contributed by atoms with Crippen LogP contribution in [0.25, 0.3) is 0 Å². The number of fused-ring (bicyclic) bond motifs is 2. The van der Waals surface area contributed by atoms with E-state index in [4.69, 9.17) is 4.74 Å². The zero-order valence-electron chi connectivity index (χ0n) is 11.0. The SMILES string of the molecule is COc1ccc(C(O)CC2CC3CCC2C3)cc1. The van der Waals surface area contributed by atoms with Gasteiger partial charge in [0.25, 0.3) is 0 Å². The first-order chi connectivity index (χ1) is 8.76. The van der Waals surface area contributed by atoms with Gasteiger partial charge in [0.15, 0.2) is 0 Å². The third-order valence-corrected chi connectivity index (χ3v) is 4.91. The van der Waals surface area contributed by atoms with Crippen LogP contribution in [0.2, 0.25) is 0 Å². The molecule has 0 amide bonds. The molecule has 0 aromatic heterocycles. The van der Waals surface area contributed by atoms with Crippen molar-refractivity contribution in [1.82, 2.24) is 0 Å². The molecule has 0 saturated heterocycles. The average molecular weight is 246 g/mol. The first-order valence-electron chi connectivity index (χ1n) is 7.08. The zero-order valence-corrected chi connectivity index (χ0v) is 11.0. The Morgan fingerprint density at radius 1 is 1.22 bits per heavy atom. The molecule has 2 fully saturated rings. The standard InChI is InChI=1S/C16H22O2/c1-18-15-6-4-12(5-7-15)16(17)10-14-9-11-2-3-13(14)8-11/h4-7,11,13-14,16-17H,2-3,8-10H2,1H3. The molecule has 2 heteroatoms. The van der Waals surface area contributed by atoms with Crippen LogP contribution >= 0.6 is 0 Å². The van der Waals surface area contributed by atoms with Gasteiger partial charge in [-0.05, 0) is 61.1 Å². The molecule has 1 aromatic rings. The molecule has 1 aromatic carbocycles. The highest BCUT2D eigenvalue weighted by atomic mass is 16.5. The Morgan fingerprint density at radius 2 is 2.00 bits per heavy atom. The molecule has 18 heavy (non-hydrogen) atoms. The van der Waals surface area contributed by atoms with Gasteiger partial charge in [-0.1, -0.05) is 18.6 Å². The summed E-state index contributed by atoms with van der Waals surface area (Å²) in [6.07, 6.45) is 6.22. The summed E-state index contributed by atoms with van der Waals surface area (Å²) in [5.41, 5.74) is 1.03. The highest BCUT2D eigenvalue weighted by Crippen LogP contribution is 2.50. The lowest BCUT2D eigenvalue weighted by Gasteiger charge is -2.24. The fourth-order valence-electron chi connectivity index (χ4n) is 3.91. The summed E-state index contributed by atoms with van der Waals surface area (Å²) in [6, 6.07) is 7.83. The second kappa shape index (κ2) is 4.93. The van der Waals surface area contributed by atoms with Gasteiger partial charge < -0.3 is 9.84 Å². The van der Waals surface area contributed by atoms with Crippen LogP contribution in [0.1, 0.15) is 43.8 Å². The van der Waals surface area contributed by atoms with Crippen molar-refractivity contribution in [2.45, 2.75) is 38.2 Å². The van der Waals surface area contributed by atoms with Crippen molar-refractivity contribution in [2.24, 2.45) is 17.8 Å². The number of aliphatic hydroxyl groups excluding tert-OH is 1. The first kappa shape index (κ1) is 12.0. The number of aliphatic hydroxyl groups is 1. The van der Waals surface area contributed by atoms with Crippen LogP contribution in [0.15, 0.2) is 24.3 Å². The minimum absolute atomic E-state index is 0.305. The molecule has 3 rings (SSSR count). The van der Waals surface area contributed by atoms with Gasteiger partial charge in [0.05, 0.1) is 13.2 Å². The number of hydrogen-bond donors (Lipinski definition) is 1. The van der Waals surface area contributed by atoms with Gasteiger partial charge in [-0.2, -0.15) is 0 Å². The smallest absolute Gasteiger partial charge is 0.118 e. The second-order valence-corrected chi connectivity index (χ2v) is 5.96. The number of methoxy groups -OCH3 is 1. The van der Waals surface area contributed by atoms with E-state index < -0.39 is 0 Å². The molecule has 4 unspecified atom stereocenters. The maximum absolute atomic E-state index is 10.3. The van der Waals surface area contributed by atoms with Crippen molar-refractivity contribution in [1.29, 1.82) is 0 Å². The number of ether oxygens (including phenoxy) is 1. The van der Waals surface area contributed by atoms with Crippen LogP contribution in [0.5, 0.6) is 5.75 Å². The van der Waals surface area contributed by atoms with Crippen molar-refractivity contribution < 1.29 is 9.84 Å². The third kappa shape index (κ3) is 2.26. The minimum atomic E-state index is -0.305. The number of benzene rings is 1. The molecular weight excluding hydrogens is 224 g/mol. The highest BCUT2D eigenvalue weighted by Gasteiger charge is 2.40. The van der Waals surface area contributed by atoms with E-state index in [9.17, 15) is 5.11 Å². The Labute approximate surface area is 109 Å². The van der Waals surface area contributed by atoms with E-state index in [1.165, 1.54) is 25.7 Å². The molecule has 0 aliphatic heterocycles. The van der Waals surface area contributed by atoms with E-state index in [0.29, 0.717) is 0 Å². The van der Waals surface area contributed by atoms with E-state index in [0.717, 1.165) is 35.5 Å². The molecule has 0 heterocycles. The molecule has 0 radical (unpaired) electrons. The van der Waals surface area contributed by atoms with Gasteiger partial charge in [0, 0.05) is 0 Å². The van der Waals surface area contributed by atoms with Crippen molar-refractivity contribution >= 4 is 0 Å². The summed E-state index contributed by atoms with van der Waals surface area (Å²) >= 11 is 0. The van der Waals surface area contributed by atoms with Crippen molar-refractivity contribution in [3.63, 3.8) is 0 Å². The van der Waals surface area contributed by atoms with E-state index in [-0.39, 0.29) is 6.10 Å². The molecule has 2 saturated carbocycles. The Kier molecular flexibility index (Phi) is 3.29. The predicted molar refractivity (Wildman–Crippen MR) is 71.5 cm³/mol. The molecular formula is C16H22O2. The normalized spacial score (nSPS) is 31.6. The fourth-order valence-corrected chi connectivity index (χ4v) is 3.91. The molecule has 0 spiro atoms. The van der Waals surface area contributed by atoms with Crippen molar-refractivity contribution in [2.75, 3.05) is 7.11 Å². The number of hydrogen-bond acceptors (Lipinski definition) is 2. The summed E-state index contributed by atoms with van der Waals surface area (Å²) in [7, 11) is 1.67. The average Bonchev–Trinajstić information content (AvgIpc) is 3.01. The van der Waals surface area contributed by atoms with Crippen LogP contribution in [-0.2, 0) is 0 Å². The third-order valence-electron chi connectivity index (χ3n) is 4.91. The predicted octanol–water partition coefficient (Wildman–Crippen LogP) is 3.55. The lowest BCUT2D eigenvalue weighted by atomic mass is 9.83. The van der Waals surface area contributed by atoms with Crippen LogP contribution < -0.4 is 4.74 Å². The quantitative estimate of drug-likeness (QED) is 0.880. The lowest BCUT2D eigenvalue weighted by Crippen LogP contribution is -2.14. The Morgan fingerprint density at radius 3 is 2.56 bits per heavy atom. The number of rotatable bonds is 4. The van der Waals surface area contributed by atoms with Gasteiger partial charge in [0.1, 0.15) is 5.75 Å². The minimum Gasteiger partial charge on any atom is -0.497 e. The maximum Gasteiger partial charge on any atom is 0.118 e. The zero-order chi connectivity index (χ0) is 12.5. The summed E-state index contributed by atoms with van der Waals surface area (Å²) in [5.74, 6) is 3.46. The molecule has 4 atom stereocenters. The van der Waals surface area contributed by atoms with E-state index in [1.54, 1.807) is 7.11 Å². The van der Waals surface area contributed by atoms with Gasteiger partial charge in [-0.15, -0.1) is 0 Å². The highest BCUT2D eigenvalue weighted by molar-refractivity contribution is 5.28. The maximum atomic E-state index is 10.3. The molecule has 2 nitrogen and oxygen atoms in total. The van der Waals surface area contributed by atoms with Gasteiger partial charge in [0.2, 0.25) is 0 Å². The lowest BCUT2D eigenvalue weighted by molar-refractivity contribution is 0.125. The Balaban J connectivity index is 1.62. The van der Waals surface area contributed by atoms with Crippen molar-refractivity contribution in [3.05, 3.63) is 29.8 Å². The Hall–Kier alpha value is -1.02. The monoisotopic (exact) mass is 246 g/mol. The molecule has 2 aliphatic carbocycles. The summed E-state index contributed by atoms with van der Waals surface area (Å²) in [5, 5.41) is 10.3. The topological polar surface area (TPSA) is 29.5 Å².